The molecule has 0 heterocycles. The number of carbonyl (C=O) groups excluding carboxylic acids is 2. The Labute approximate surface area is 106 Å². The molecule has 0 radical (unpaired) electrons. The van der Waals surface area contributed by atoms with Crippen LogP contribution in [0.2, 0.25) is 0 Å². The Kier molecular flexibility index (Phi) is 8.26. The standard InChI is InChI=1S/C12H20N2O4/c1-3-6-9(2)13-12(18)14-10(15)7-4-5-8-11(16)17/h3,9H,1,4-8H2,2H3,(H,16,17)(H2,13,14,15,18). The molecule has 0 rings (SSSR count). The molecule has 0 spiro atoms. The summed E-state index contributed by atoms with van der Waals surface area (Å²) in [6, 6.07) is -0.616. The fourth-order valence-electron chi connectivity index (χ4n) is 1.32. The van der Waals surface area contributed by atoms with Gasteiger partial charge in [-0.15, -0.1) is 6.58 Å². The molecule has 3 N–H and O–H groups in total. The molecule has 0 aliphatic carbocycles. The number of hydrogen-bond acceptors (Lipinski definition) is 3. The fourth-order valence-corrected chi connectivity index (χ4v) is 1.32. The van der Waals surface area contributed by atoms with Gasteiger partial charge in [-0.1, -0.05) is 6.08 Å². The van der Waals surface area contributed by atoms with Gasteiger partial charge in [0.25, 0.3) is 0 Å². The van der Waals surface area contributed by atoms with Crippen LogP contribution in [0.5, 0.6) is 0 Å². The van der Waals surface area contributed by atoms with Gasteiger partial charge in [-0.05, 0) is 26.2 Å². The molecule has 0 aliphatic rings. The van der Waals surface area contributed by atoms with Crippen LogP contribution >= 0.6 is 0 Å². The zero-order valence-corrected chi connectivity index (χ0v) is 10.6. The van der Waals surface area contributed by atoms with Gasteiger partial charge in [0.1, 0.15) is 0 Å². The first-order valence-electron chi connectivity index (χ1n) is 5.88. The summed E-state index contributed by atoms with van der Waals surface area (Å²) in [6.07, 6.45) is 3.37. The van der Waals surface area contributed by atoms with Gasteiger partial charge >= 0.3 is 12.0 Å². The minimum atomic E-state index is -0.883. The Balaban J connectivity index is 3.70. The van der Waals surface area contributed by atoms with Crippen LogP contribution < -0.4 is 10.6 Å². The summed E-state index contributed by atoms with van der Waals surface area (Å²) >= 11 is 0. The highest BCUT2D eigenvalue weighted by atomic mass is 16.4. The lowest BCUT2D eigenvalue weighted by Gasteiger charge is -2.11. The van der Waals surface area contributed by atoms with Crippen LogP contribution in [0, 0.1) is 0 Å². The predicted molar refractivity (Wildman–Crippen MR) is 67.1 cm³/mol. The van der Waals surface area contributed by atoms with Crippen LogP contribution in [-0.2, 0) is 9.59 Å². The van der Waals surface area contributed by atoms with Crippen molar-refractivity contribution in [3.63, 3.8) is 0 Å². The first kappa shape index (κ1) is 16.1. The molecule has 0 aromatic heterocycles. The summed E-state index contributed by atoms with van der Waals surface area (Å²) < 4.78 is 0. The maximum absolute atomic E-state index is 11.3. The van der Waals surface area contributed by atoms with Crippen molar-refractivity contribution in [1.29, 1.82) is 0 Å². The van der Waals surface area contributed by atoms with E-state index in [1.54, 1.807) is 13.0 Å². The molecule has 18 heavy (non-hydrogen) atoms. The average Bonchev–Trinajstić information content (AvgIpc) is 2.24. The average molecular weight is 256 g/mol. The van der Waals surface area contributed by atoms with Gasteiger partial charge in [0, 0.05) is 18.9 Å². The van der Waals surface area contributed by atoms with E-state index in [-0.39, 0.29) is 18.9 Å². The van der Waals surface area contributed by atoms with Crippen LogP contribution in [-0.4, -0.2) is 29.1 Å². The van der Waals surface area contributed by atoms with E-state index >= 15 is 0 Å². The fraction of sp³-hybridized carbons (Fsp3) is 0.583. The molecule has 0 aromatic carbocycles. The van der Waals surface area contributed by atoms with E-state index in [4.69, 9.17) is 5.11 Å². The van der Waals surface area contributed by atoms with Gasteiger partial charge < -0.3 is 10.4 Å². The molecule has 3 amide bonds. The van der Waals surface area contributed by atoms with Crippen LogP contribution in [0.3, 0.4) is 0 Å². The predicted octanol–water partition coefficient (Wildman–Crippen LogP) is 1.42. The van der Waals surface area contributed by atoms with Crippen molar-refractivity contribution in [3.8, 4) is 0 Å². The normalized spacial score (nSPS) is 11.4. The number of imide groups is 1. The molecule has 0 fully saturated rings. The van der Waals surface area contributed by atoms with Crippen LogP contribution in [0.4, 0.5) is 4.79 Å². The van der Waals surface area contributed by atoms with Gasteiger partial charge in [-0.3, -0.25) is 14.9 Å². The quantitative estimate of drug-likeness (QED) is 0.452. The Morgan fingerprint density at radius 1 is 1.28 bits per heavy atom. The highest BCUT2D eigenvalue weighted by Crippen LogP contribution is 1.99. The Bertz CT molecular complexity index is 315. The number of carbonyl (C=O) groups is 3. The van der Waals surface area contributed by atoms with E-state index in [9.17, 15) is 14.4 Å². The Hall–Kier alpha value is -1.85. The van der Waals surface area contributed by atoms with Crippen LogP contribution in [0.25, 0.3) is 0 Å². The molecule has 0 saturated heterocycles. The van der Waals surface area contributed by atoms with Crippen LogP contribution in [0.1, 0.15) is 39.0 Å². The monoisotopic (exact) mass is 256 g/mol. The molecule has 0 aromatic rings. The summed E-state index contributed by atoms with van der Waals surface area (Å²) in [4.78, 5) is 32.8. The van der Waals surface area contributed by atoms with Crippen molar-refractivity contribution >= 4 is 17.9 Å². The molecule has 102 valence electrons. The minimum absolute atomic E-state index is 0.0375. The zero-order chi connectivity index (χ0) is 14.0. The number of carboxylic acids is 1. The third-order valence-corrected chi connectivity index (χ3v) is 2.20. The van der Waals surface area contributed by atoms with Gasteiger partial charge in [-0.25, -0.2) is 4.79 Å². The zero-order valence-electron chi connectivity index (χ0n) is 10.6. The molecule has 0 aliphatic heterocycles. The summed E-state index contributed by atoms with van der Waals surface area (Å²) in [5.41, 5.74) is 0. The Morgan fingerprint density at radius 2 is 1.89 bits per heavy atom. The SMILES string of the molecule is C=CCC(C)NC(=O)NC(=O)CCCCC(=O)O. The highest BCUT2D eigenvalue weighted by molar-refractivity contribution is 5.94. The molecular formula is C12H20N2O4. The van der Waals surface area contributed by atoms with E-state index in [1.165, 1.54) is 0 Å². The maximum Gasteiger partial charge on any atom is 0.321 e. The summed E-state index contributed by atoms with van der Waals surface area (Å²) in [5, 5.41) is 13.2. The van der Waals surface area contributed by atoms with Crippen molar-refractivity contribution in [3.05, 3.63) is 12.7 Å². The lowest BCUT2D eigenvalue weighted by Crippen LogP contribution is -2.43. The molecule has 6 nitrogen and oxygen atoms in total. The number of hydrogen-bond donors (Lipinski definition) is 3. The smallest absolute Gasteiger partial charge is 0.321 e. The highest BCUT2D eigenvalue weighted by Gasteiger charge is 2.09. The number of urea groups is 1. The summed E-state index contributed by atoms with van der Waals surface area (Å²) in [7, 11) is 0. The number of aliphatic carboxylic acids is 1. The largest absolute Gasteiger partial charge is 0.481 e. The maximum atomic E-state index is 11.3. The third kappa shape index (κ3) is 9.38. The van der Waals surface area contributed by atoms with Gasteiger partial charge in [0.2, 0.25) is 5.91 Å². The molecule has 0 saturated carbocycles. The lowest BCUT2D eigenvalue weighted by molar-refractivity contribution is -0.137. The van der Waals surface area contributed by atoms with E-state index in [1.807, 2.05) is 0 Å². The number of nitrogens with one attached hydrogen (secondary N) is 2. The topological polar surface area (TPSA) is 95.5 Å². The number of amides is 3. The summed E-state index contributed by atoms with van der Waals surface area (Å²) in [6.45, 7) is 5.35. The molecule has 1 unspecified atom stereocenters. The molecule has 1 atom stereocenters. The first-order chi connectivity index (χ1) is 8.45. The third-order valence-electron chi connectivity index (χ3n) is 2.20. The first-order valence-corrected chi connectivity index (χ1v) is 5.88. The van der Waals surface area contributed by atoms with E-state index < -0.39 is 17.9 Å². The van der Waals surface area contributed by atoms with Gasteiger partial charge in [0.15, 0.2) is 0 Å². The minimum Gasteiger partial charge on any atom is -0.481 e. The number of carboxylic acid groups (broad SMARTS) is 1. The second-order valence-electron chi connectivity index (χ2n) is 4.05. The van der Waals surface area contributed by atoms with Gasteiger partial charge in [0.05, 0.1) is 0 Å². The van der Waals surface area contributed by atoms with Crippen molar-refractivity contribution in [1.82, 2.24) is 10.6 Å². The van der Waals surface area contributed by atoms with E-state index in [2.05, 4.69) is 17.2 Å². The second-order valence-corrected chi connectivity index (χ2v) is 4.05. The van der Waals surface area contributed by atoms with E-state index in [0.717, 1.165) is 0 Å². The number of rotatable bonds is 8. The van der Waals surface area contributed by atoms with Crippen LogP contribution in [0.15, 0.2) is 12.7 Å². The second kappa shape index (κ2) is 9.21. The molecule has 6 heteroatoms. The van der Waals surface area contributed by atoms with Crippen molar-refractivity contribution in [2.45, 2.75) is 45.1 Å². The Morgan fingerprint density at radius 3 is 2.44 bits per heavy atom. The lowest BCUT2D eigenvalue weighted by atomic mass is 10.2. The van der Waals surface area contributed by atoms with Crippen molar-refractivity contribution in [2.75, 3.05) is 0 Å². The molecular weight excluding hydrogens is 236 g/mol. The van der Waals surface area contributed by atoms with E-state index in [0.29, 0.717) is 19.3 Å². The summed E-state index contributed by atoms with van der Waals surface area (Å²) in [5.74, 6) is -1.28. The molecule has 0 bridgehead atoms. The van der Waals surface area contributed by atoms with Gasteiger partial charge in [-0.2, -0.15) is 0 Å². The number of unbranched alkanes of at least 4 members (excludes halogenated alkanes) is 1. The van der Waals surface area contributed by atoms with Crippen molar-refractivity contribution < 1.29 is 19.5 Å². The van der Waals surface area contributed by atoms with Crippen molar-refractivity contribution in [2.24, 2.45) is 0 Å².